The zero-order valence-electron chi connectivity index (χ0n) is 18.4. The van der Waals surface area contributed by atoms with Gasteiger partial charge in [-0.1, -0.05) is 19.3 Å². The quantitative estimate of drug-likeness (QED) is 0.617. The highest BCUT2D eigenvalue weighted by Crippen LogP contribution is 2.30. The molecule has 2 aromatic rings. The van der Waals surface area contributed by atoms with Crippen LogP contribution in [-0.4, -0.2) is 68.5 Å². The maximum Gasteiger partial charge on any atom is 0.331 e. The predicted octanol–water partition coefficient (Wildman–Crippen LogP) is 1.15. The van der Waals surface area contributed by atoms with Gasteiger partial charge in [0.15, 0.2) is 0 Å². The van der Waals surface area contributed by atoms with Crippen molar-refractivity contribution in [2.45, 2.75) is 42.5 Å². The minimum absolute atomic E-state index is 0.00151. The van der Waals surface area contributed by atoms with Crippen LogP contribution in [0.15, 0.2) is 34.0 Å². The van der Waals surface area contributed by atoms with Gasteiger partial charge >= 0.3 is 5.97 Å². The average molecular weight is 478 g/mol. The number of aromatic amines is 1. The van der Waals surface area contributed by atoms with E-state index in [1.54, 1.807) is 0 Å². The SMILES string of the molecule is COC(=O)C1(NC(=O)c2cc(=O)[nH]c3ccc(S(=O)(=O)N4CCOCC4)cc23)CCCCC1. The summed E-state index contributed by atoms with van der Waals surface area (Å²) in [6.45, 7) is 1.09. The fourth-order valence-corrected chi connectivity index (χ4v) is 5.97. The van der Waals surface area contributed by atoms with Crippen LogP contribution in [0, 0.1) is 0 Å². The third-order valence-corrected chi connectivity index (χ3v) is 8.20. The molecule has 0 unspecified atom stereocenters. The number of nitrogens with one attached hydrogen (secondary N) is 2. The number of esters is 1. The molecule has 2 aliphatic rings. The molecule has 0 atom stereocenters. The van der Waals surface area contributed by atoms with Gasteiger partial charge in [0.05, 0.1) is 30.8 Å². The van der Waals surface area contributed by atoms with Crippen LogP contribution >= 0.6 is 0 Å². The lowest BCUT2D eigenvalue weighted by molar-refractivity contribution is -0.149. The number of hydrogen-bond donors (Lipinski definition) is 2. The van der Waals surface area contributed by atoms with Crippen molar-refractivity contribution >= 4 is 32.8 Å². The molecule has 178 valence electrons. The van der Waals surface area contributed by atoms with Crippen molar-refractivity contribution in [1.29, 1.82) is 0 Å². The Morgan fingerprint density at radius 1 is 1.12 bits per heavy atom. The third kappa shape index (κ3) is 4.53. The van der Waals surface area contributed by atoms with Gasteiger partial charge in [-0.05, 0) is 31.0 Å². The van der Waals surface area contributed by atoms with Gasteiger partial charge in [-0.3, -0.25) is 9.59 Å². The predicted molar refractivity (Wildman–Crippen MR) is 119 cm³/mol. The number of carbonyl (C=O) groups is 2. The Balaban J connectivity index is 1.75. The molecule has 11 heteroatoms. The lowest BCUT2D eigenvalue weighted by Crippen LogP contribution is -2.56. The minimum atomic E-state index is -3.81. The Morgan fingerprint density at radius 3 is 2.48 bits per heavy atom. The van der Waals surface area contributed by atoms with E-state index >= 15 is 0 Å². The van der Waals surface area contributed by atoms with Crippen LogP contribution in [0.2, 0.25) is 0 Å². The summed E-state index contributed by atoms with van der Waals surface area (Å²) in [6.07, 6.45) is 3.33. The Labute approximate surface area is 191 Å². The van der Waals surface area contributed by atoms with E-state index in [1.807, 2.05) is 0 Å². The van der Waals surface area contributed by atoms with E-state index in [9.17, 15) is 22.8 Å². The summed E-state index contributed by atoms with van der Waals surface area (Å²) in [5.74, 6) is -1.15. The molecular weight excluding hydrogens is 450 g/mol. The van der Waals surface area contributed by atoms with Gasteiger partial charge in [-0.15, -0.1) is 0 Å². The second-order valence-electron chi connectivity index (χ2n) is 8.36. The first-order valence-corrected chi connectivity index (χ1v) is 12.4. The summed E-state index contributed by atoms with van der Waals surface area (Å²) in [6, 6.07) is 5.38. The summed E-state index contributed by atoms with van der Waals surface area (Å²) < 4.78 is 37.7. The zero-order valence-corrected chi connectivity index (χ0v) is 19.2. The standard InChI is InChI=1S/C22H27N3O7S/c1-31-21(28)22(7-3-2-4-8-22)24-20(27)17-14-19(26)23-18-6-5-15(13-16(17)18)33(29,30)25-9-11-32-12-10-25/h5-6,13-14H,2-4,7-12H2,1H3,(H,23,26)(H,24,27). The smallest absolute Gasteiger partial charge is 0.331 e. The van der Waals surface area contributed by atoms with Crippen LogP contribution in [0.25, 0.3) is 10.9 Å². The lowest BCUT2D eigenvalue weighted by Gasteiger charge is -2.35. The molecule has 1 saturated heterocycles. The van der Waals surface area contributed by atoms with E-state index in [2.05, 4.69) is 10.3 Å². The average Bonchev–Trinajstić information content (AvgIpc) is 2.83. The third-order valence-electron chi connectivity index (χ3n) is 6.30. The molecule has 1 aliphatic heterocycles. The number of rotatable bonds is 5. The van der Waals surface area contributed by atoms with Crippen LogP contribution in [0.4, 0.5) is 0 Å². The molecule has 1 aromatic carbocycles. The fraction of sp³-hybridized carbons (Fsp3) is 0.500. The molecule has 2 N–H and O–H groups in total. The largest absolute Gasteiger partial charge is 0.467 e. The summed E-state index contributed by atoms with van der Waals surface area (Å²) in [5, 5.41) is 3.07. The van der Waals surface area contributed by atoms with Gasteiger partial charge in [0, 0.05) is 30.1 Å². The minimum Gasteiger partial charge on any atom is -0.467 e. The van der Waals surface area contributed by atoms with Crippen LogP contribution in [-0.2, 0) is 24.3 Å². The van der Waals surface area contributed by atoms with Gasteiger partial charge in [0.25, 0.3) is 5.91 Å². The first-order chi connectivity index (χ1) is 15.8. The van der Waals surface area contributed by atoms with Crippen molar-refractivity contribution in [2.75, 3.05) is 33.4 Å². The van der Waals surface area contributed by atoms with Gasteiger partial charge < -0.3 is 19.8 Å². The number of sulfonamides is 1. The van der Waals surface area contributed by atoms with E-state index in [4.69, 9.17) is 9.47 Å². The normalized spacial score (nSPS) is 19.2. The molecule has 1 aliphatic carbocycles. The first-order valence-electron chi connectivity index (χ1n) is 10.9. The van der Waals surface area contributed by atoms with Crippen molar-refractivity contribution in [3.63, 3.8) is 0 Å². The van der Waals surface area contributed by atoms with Crippen LogP contribution in [0.3, 0.4) is 0 Å². The number of aromatic nitrogens is 1. The molecule has 1 aromatic heterocycles. The molecule has 0 radical (unpaired) electrons. The number of methoxy groups -OCH3 is 1. The van der Waals surface area contributed by atoms with Crippen molar-refractivity contribution in [1.82, 2.24) is 14.6 Å². The highest BCUT2D eigenvalue weighted by Gasteiger charge is 2.42. The van der Waals surface area contributed by atoms with Gasteiger partial charge in [0.1, 0.15) is 5.54 Å². The van der Waals surface area contributed by atoms with E-state index < -0.39 is 33.0 Å². The van der Waals surface area contributed by atoms with Crippen LogP contribution in [0.1, 0.15) is 42.5 Å². The van der Waals surface area contributed by atoms with Crippen molar-refractivity contribution in [2.24, 2.45) is 0 Å². The number of pyridine rings is 1. The van der Waals surface area contributed by atoms with Crippen molar-refractivity contribution in [3.8, 4) is 0 Å². The Kier molecular flexibility index (Phi) is 6.55. The highest BCUT2D eigenvalue weighted by atomic mass is 32.2. The molecular formula is C22H27N3O7S. The summed E-state index contributed by atoms with van der Waals surface area (Å²) in [5.41, 5.74) is -1.35. The van der Waals surface area contributed by atoms with Crippen LogP contribution < -0.4 is 10.9 Å². The summed E-state index contributed by atoms with van der Waals surface area (Å²) in [7, 11) is -2.53. The topological polar surface area (TPSA) is 135 Å². The molecule has 4 rings (SSSR count). The van der Waals surface area contributed by atoms with Gasteiger partial charge in [-0.2, -0.15) is 4.31 Å². The highest BCUT2D eigenvalue weighted by molar-refractivity contribution is 7.89. The number of morpholine rings is 1. The lowest BCUT2D eigenvalue weighted by atomic mass is 9.81. The Hall–Kier alpha value is -2.76. The summed E-state index contributed by atoms with van der Waals surface area (Å²) in [4.78, 5) is 40.7. The van der Waals surface area contributed by atoms with Crippen molar-refractivity contribution < 1.29 is 27.5 Å². The molecule has 1 amide bonds. The Bertz CT molecular complexity index is 1230. The van der Waals surface area contributed by atoms with Gasteiger partial charge in [0.2, 0.25) is 15.6 Å². The number of benzene rings is 1. The fourth-order valence-electron chi connectivity index (χ4n) is 4.53. The zero-order chi connectivity index (χ0) is 23.6. The number of H-pyrrole nitrogens is 1. The monoisotopic (exact) mass is 477 g/mol. The maximum absolute atomic E-state index is 13.3. The number of nitrogens with zero attached hydrogens (tertiary/aromatic N) is 1. The van der Waals surface area contributed by atoms with E-state index in [0.29, 0.717) is 31.6 Å². The molecule has 2 fully saturated rings. The second kappa shape index (κ2) is 9.24. The van der Waals surface area contributed by atoms with Gasteiger partial charge in [-0.25, -0.2) is 13.2 Å². The van der Waals surface area contributed by atoms with E-state index in [0.717, 1.165) is 25.3 Å². The molecule has 0 bridgehead atoms. The molecule has 10 nitrogen and oxygen atoms in total. The number of ether oxygens (including phenoxy) is 2. The molecule has 2 heterocycles. The molecule has 33 heavy (non-hydrogen) atoms. The first kappa shape index (κ1) is 23.4. The Morgan fingerprint density at radius 2 is 1.82 bits per heavy atom. The molecule has 0 spiro atoms. The molecule has 1 saturated carbocycles. The van der Waals surface area contributed by atoms with Crippen molar-refractivity contribution in [3.05, 3.63) is 40.2 Å². The van der Waals surface area contributed by atoms with Crippen LogP contribution in [0.5, 0.6) is 0 Å². The summed E-state index contributed by atoms with van der Waals surface area (Å²) >= 11 is 0. The van der Waals surface area contributed by atoms with E-state index in [-0.39, 0.29) is 28.9 Å². The number of carbonyl (C=O) groups excluding carboxylic acids is 2. The second-order valence-corrected chi connectivity index (χ2v) is 10.3. The number of amides is 1. The number of fused-ring (bicyclic) bond motifs is 1. The van der Waals surface area contributed by atoms with E-state index in [1.165, 1.54) is 29.6 Å². The number of hydrogen-bond acceptors (Lipinski definition) is 7. The maximum atomic E-state index is 13.3.